The lowest BCUT2D eigenvalue weighted by Gasteiger charge is -2.33. The minimum atomic E-state index is -0.969. The number of benzene rings is 2. The molecule has 1 heterocycles. The molecule has 1 aliphatic heterocycles. The van der Waals surface area contributed by atoms with Gasteiger partial charge in [0.1, 0.15) is 12.4 Å². The number of ether oxygens (including phenoxy) is 2. The number of aliphatic carboxylic acids is 1. The van der Waals surface area contributed by atoms with Gasteiger partial charge in [0, 0.05) is 32.0 Å². The molecular formula is C29H34ClFN2O6. The first-order valence-electron chi connectivity index (χ1n) is 13.3. The van der Waals surface area contributed by atoms with Crippen LogP contribution in [0.4, 0.5) is 4.39 Å². The van der Waals surface area contributed by atoms with E-state index in [1.165, 1.54) is 24.1 Å². The van der Waals surface area contributed by atoms with Crippen molar-refractivity contribution in [2.24, 2.45) is 5.92 Å². The summed E-state index contributed by atoms with van der Waals surface area (Å²) in [6.07, 6.45) is 4.73. The van der Waals surface area contributed by atoms with E-state index < -0.39 is 17.8 Å². The Kier molecular flexibility index (Phi) is 9.80. The Hall–Kier alpha value is -3.17. The van der Waals surface area contributed by atoms with Crippen LogP contribution >= 0.6 is 11.6 Å². The maximum absolute atomic E-state index is 14.4. The second kappa shape index (κ2) is 13.3. The number of halogens is 2. The van der Waals surface area contributed by atoms with E-state index in [-0.39, 0.29) is 49.3 Å². The average Bonchev–Trinajstić information content (AvgIpc) is 3.54. The Morgan fingerprint density at radius 1 is 1.13 bits per heavy atom. The van der Waals surface area contributed by atoms with Crippen LogP contribution in [0.2, 0.25) is 5.02 Å². The van der Waals surface area contributed by atoms with Crippen LogP contribution in [0, 0.1) is 11.7 Å². The van der Waals surface area contributed by atoms with Crippen LogP contribution in [0.1, 0.15) is 62.1 Å². The summed E-state index contributed by atoms with van der Waals surface area (Å²) in [6.45, 7) is 1.42. The van der Waals surface area contributed by atoms with Gasteiger partial charge in [-0.2, -0.15) is 0 Å². The number of carbonyl (C=O) groups is 3. The molecule has 8 nitrogen and oxygen atoms in total. The second-order valence-corrected chi connectivity index (χ2v) is 10.5. The van der Waals surface area contributed by atoms with E-state index in [4.69, 9.17) is 21.1 Å². The summed E-state index contributed by atoms with van der Waals surface area (Å²) in [5.41, 5.74) is 1.45. The SMILES string of the molecule is COc1cc(CN(CC2CCCC2)[C@H](CC(=O)O)c2ccc(Cl)c(F)c2)ccc1OCCN1C(=O)CCC1=O. The minimum absolute atomic E-state index is 0.00560. The van der Waals surface area contributed by atoms with E-state index in [1.807, 2.05) is 12.1 Å². The fourth-order valence-electron chi connectivity index (χ4n) is 5.45. The van der Waals surface area contributed by atoms with Crippen molar-refractivity contribution in [2.45, 2.75) is 57.5 Å². The van der Waals surface area contributed by atoms with Crippen molar-refractivity contribution < 1.29 is 33.4 Å². The van der Waals surface area contributed by atoms with Gasteiger partial charge in [-0.25, -0.2) is 4.39 Å². The average molecular weight is 561 g/mol. The van der Waals surface area contributed by atoms with Crippen LogP contribution in [0.5, 0.6) is 11.5 Å². The highest BCUT2D eigenvalue weighted by molar-refractivity contribution is 6.30. The van der Waals surface area contributed by atoms with Gasteiger partial charge in [0.05, 0.1) is 25.1 Å². The number of rotatable bonds is 13. The normalized spacial score (nSPS) is 16.8. The molecule has 210 valence electrons. The van der Waals surface area contributed by atoms with Gasteiger partial charge in [-0.05, 0) is 54.2 Å². The summed E-state index contributed by atoms with van der Waals surface area (Å²) in [7, 11) is 1.53. The molecule has 0 aromatic heterocycles. The molecule has 1 saturated carbocycles. The number of methoxy groups -OCH3 is 1. The second-order valence-electron chi connectivity index (χ2n) is 10.1. The summed E-state index contributed by atoms with van der Waals surface area (Å²) >= 11 is 5.91. The molecule has 2 aromatic carbocycles. The van der Waals surface area contributed by atoms with Crippen LogP contribution in [0.15, 0.2) is 36.4 Å². The van der Waals surface area contributed by atoms with E-state index in [9.17, 15) is 23.9 Å². The summed E-state index contributed by atoms with van der Waals surface area (Å²) in [6, 6.07) is 9.41. The standard InChI is InChI=1S/C29H34ClFN2O6/c1-38-26-14-20(6-9-25(26)39-13-12-33-27(34)10-11-28(33)35)18-32(17-19-4-2-3-5-19)24(16-29(36)37)21-7-8-22(30)23(31)15-21/h6-9,14-15,19,24H,2-5,10-13,16-18H2,1H3,(H,36,37)/t24-/m1/s1. The number of carbonyl (C=O) groups excluding carboxylic acids is 2. The first-order valence-corrected chi connectivity index (χ1v) is 13.7. The maximum Gasteiger partial charge on any atom is 0.305 e. The Bertz CT molecular complexity index is 1190. The lowest BCUT2D eigenvalue weighted by molar-refractivity contribution is -0.140. The van der Waals surface area contributed by atoms with Crippen molar-refractivity contribution in [2.75, 3.05) is 26.8 Å². The molecule has 1 aliphatic carbocycles. The molecule has 0 spiro atoms. The Morgan fingerprint density at radius 2 is 1.85 bits per heavy atom. The van der Waals surface area contributed by atoms with Crippen molar-refractivity contribution in [1.82, 2.24) is 9.80 Å². The maximum atomic E-state index is 14.4. The fourth-order valence-corrected chi connectivity index (χ4v) is 5.57. The quantitative estimate of drug-likeness (QED) is 0.335. The van der Waals surface area contributed by atoms with E-state index in [1.54, 1.807) is 12.1 Å². The Balaban J connectivity index is 1.53. The van der Waals surface area contributed by atoms with Crippen LogP contribution < -0.4 is 9.47 Å². The Labute approximate surface area is 232 Å². The topological polar surface area (TPSA) is 96.4 Å². The van der Waals surface area contributed by atoms with E-state index in [2.05, 4.69) is 4.90 Å². The van der Waals surface area contributed by atoms with Gasteiger partial charge in [-0.3, -0.25) is 24.2 Å². The van der Waals surface area contributed by atoms with Crippen LogP contribution in [-0.4, -0.2) is 59.5 Å². The molecular weight excluding hydrogens is 527 g/mol. The number of hydrogen-bond acceptors (Lipinski definition) is 6. The summed E-state index contributed by atoms with van der Waals surface area (Å²) < 4.78 is 25.8. The largest absolute Gasteiger partial charge is 0.493 e. The van der Waals surface area contributed by atoms with Crippen LogP contribution in [0.3, 0.4) is 0 Å². The monoisotopic (exact) mass is 560 g/mol. The van der Waals surface area contributed by atoms with Crippen molar-refractivity contribution in [3.05, 3.63) is 58.4 Å². The molecule has 2 fully saturated rings. The van der Waals surface area contributed by atoms with E-state index >= 15 is 0 Å². The van der Waals surface area contributed by atoms with Gasteiger partial charge >= 0.3 is 5.97 Å². The minimum Gasteiger partial charge on any atom is -0.493 e. The van der Waals surface area contributed by atoms with Gasteiger partial charge < -0.3 is 14.6 Å². The Morgan fingerprint density at radius 3 is 2.49 bits per heavy atom. The molecule has 1 saturated heterocycles. The van der Waals surface area contributed by atoms with E-state index in [0.717, 1.165) is 31.2 Å². The molecule has 39 heavy (non-hydrogen) atoms. The first-order chi connectivity index (χ1) is 18.7. The number of amides is 2. The third-order valence-corrected chi connectivity index (χ3v) is 7.75. The summed E-state index contributed by atoms with van der Waals surface area (Å²) in [5.74, 6) is -0.535. The zero-order valence-corrected chi connectivity index (χ0v) is 22.8. The zero-order chi connectivity index (χ0) is 27.9. The predicted molar refractivity (Wildman–Crippen MR) is 143 cm³/mol. The highest BCUT2D eigenvalue weighted by Crippen LogP contribution is 2.35. The fraction of sp³-hybridized carbons (Fsp3) is 0.483. The predicted octanol–water partition coefficient (Wildman–Crippen LogP) is 5.22. The molecule has 10 heteroatoms. The first kappa shape index (κ1) is 28.8. The molecule has 0 unspecified atom stereocenters. The number of nitrogens with zero attached hydrogens (tertiary/aromatic N) is 2. The summed E-state index contributed by atoms with van der Waals surface area (Å²) in [5, 5.41) is 9.72. The molecule has 1 atom stereocenters. The smallest absolute Gasteiger partial charge is 0.305 e. The summed E-state index contributed by atoms with van der Waals surface area (Å²) in [4.78, 5) is 38.9. The molecule has 2 amide bonds. The van der Waals surface area contributed by atoms with Gasteiger partial charge in [-0.1, -0.05) is 36.6 Å². The van der Waals surface area contributed by atoms with Gasteiger partial charge in [-0.15, -0.1) is 0 Å². The molecule has 4 rings (SSSR count). The molecule has 0 bridgehead atoms. The van der Waals surface area contributed by atoms with Gasteiger partial charge in [0.25, 0.3) is 0 Å². The van der Waals surface area contributed by atoms with Crippen molar-refractivity contribution in [3.8, 4) is 11.5 Å². The molecule has 2 aromatic rings. The lowest BCUT2D eigenvalue weighted by atomic mass is 9.98. The van der Waals surface area contributed by atoms with Crippen LogP contribution in [-0.2, 0) is 20.9 Å². The number of hydrogen-bond donors (Lipinski definition) is 1. The third-order valence-electron chi connectivity index (χ3n) is 7.45. The van der Waals surface area contributed by atoms with E-state index in [0.29, 0.717) is 36.1 Å². The highest BCUT2D eigenvalue weighted by Gasteiger charge is 2.29. The number of carboxylic acid groups (broad SMARTS) is 1. The van der Waals surface area contributed by atoms with Crippen molar-refractivity contribution in [1.29, 1.82) is 0 Å². The van der Waals surface area contributed by atoms with Gasteiger partial charge in [0.15, 0.2) is 11.5 Å². The number of carboxylic acids is 1. The number of likely N-dealkylation sites (tertiary alicyclic amines) is 1. The van der Waals surface area contributed by atoms with Crippen molar-refractivity contribution in [3.63, 3.8) is 0 Å². The van der Waals surface area contributed by atoms with Crippen LogP contribution in [0.25, 0.3) is 0 Å². The van der Waals surface area contributed by atoms with Crippen molar-refractivity contribution >= 4 is 29.4 Å². The molecule has 1 N–H and O–H groups in total. The lowest BCUT2D eigenvalue weighted by Crippen LogP contribution is -2.34. The van der Waals surface area contributed by atoms with Gasteiger partial charge in [0.2, 0.25) is 11.8 Å². The molecule has 2 aliphatic rings. The third kappa shape index (κ3) is 7.48. The number of imide groups is 1. The zero-order valence-electron chi connectivity index (χ0n) is 22.0. The molecule has 0 radical (unpaired) electrons. The highest BCUT2D eigenvalue weighted by atomic mass is 35.5.